The van der Waals surface area contributed by atoms with Gasteiger partial charge in [-0.15, -0.1) is 11.3 Å². The summed E-state index contributed by atoms with van der Waals surface area (Å²) in [6.07, 6.45) is 1.69. The van der Waals surface area contributed by atoms with Gasteiger partial charge in [-0.2, -0.15) is 5.10 Å². The molecule has 0 aliphatic carbocycles. The second kappa shape index (κ2) is 5.38. The fraction of sp³-hybridized carbons (Fsp3) is 0.385. The first kappa shape index (κ1) is 13.9. The molecule has 0 unspecified atom stereocenters. The van der Waals surface area contributed by atoms with Crippen LogP contribution in [0.15, 0.2) is 11.7 Å². The van der Waals surface area contributed by atoms with Crippen LogP contribution in [0, 0.1) is 6.92 Å². The Balaban J connectivity index is 1.81. The first-order chi connectivity index (χ1) is 10.0. The second-order valence-corrected chi connectivity index (χ2v) is 6.00. The first-order valence-corrected chi connectivity index (χ1v) is 7.44. The zero-order valence-electron chi connectivity index (χ0n) is 12.2. The SMILES string of the molecule is Cc1ncsc1CN(C)Cc1nc(N)c2cnn(C)c2n1. The van der Waals surface area contributed by atoms with Crippen molar-refractivity contribution in [1.82, 2.24) is 29.6 Å². The number of aromatic nitrogens is 5. The number of nitrogens with zero attached hydrogens (tertiary/aromatic N) is 6. The predicted octanol–water partition coefficient (Wildman–Crippen LogP) is 1.34. The maximum atomic E-state index is 5.98. The molecule has 0 radical (unpaired) electrons. The van der Waals surface area contributed by atoms with Crippen molar-refractivity contribution in [2.45, 2.75) is 20.0 Å². The van der Waals surface area contributed by atoms with Crippen molar-refractivity contribution in [3.8, 4) is 0 Å². The second-order valence-electron chi connectivity index (χ2n) is 5.06. The van der Waals surface area contributed by atoms with E-state index in [0.29, 0.717) is 18.2 Å². The Bertz CT molecular complexity index is 776. The standard InChI is InChI=1S/C13H17N7S/c1-8-10(21-7-15-8)5-19(2)6-11-17-12(14)9-4-16-20(3)13(9)18-11/h4,7H,5-6H2,1-3H3,(H2,14,17,18). The zero-order chi connectivity index (χ0) is 15.0. The number of thiazole rings is 1. The third-order valence-electron chi connectivity index (χ3n) is 3.34. The van der Waals surface area contributed by atoms with Crippen LogP contribution >= 0.6 is 11.3 Å². The van der Waals surface area contributed by atoms with Crippen molar-refractivity contribution in [3.63, 3.8) is 0 Å². The van der Waals surface area contributed by atoms with Crippen molar-refractivity contribution in [3.05, 3.63) is 28.1 Å². The summed E-state index contributed by atoms with van der Waals surface area (Å²) >= 11 is 1.67. The molecule has 0 spiro atoms. The molecule has 0 aliphatic rings. The van der Waals surface area contributed by atoms with Crippen LogP contribution < -0.4 is 5.73 Å². The van der Waals surface area contributed by atoms with Gasteiger partial charge in [0.15, 0.2) is 5.65 Å². The average molecular weight is 303 g/mol. The van der Waals surface area contributed by atoms with E-state index in [1.807, 2.05) is 26.5 Å². The fourth-order valence-electron chi connectivity index (χ4n) is 2.18. The van der Waals surface area contributed by atoms with Crippen LogP contribution in [0.1, 0.15) is 16.4 Å². The van der Waals surface area contributed by atoms with Gasteiger partial charge in [0, 0.05) is 18.5 Å². The van der Waals surface area contributed by atoms with Crippen LogP contribution in [-0.2, 0) is 20.1 Å². The first-order valence-electron chi connectivity index (χ1n) is 6.56. The number of hydrogen-bond donors (Lipinski definition) is 1. The van der Waals surface area contributed by atoms with Crippen LogP contribution in [0.25, 0.3) is 11.0 Å². The molecule has 0 fully saturated rings. The molecule has 0 amide bonds. The molecule has 0 aromatic carbocycles. The number of anilines is 1. The normalized spacial score (nSPS) is 11.6. The zero-order valence-corrected chi connectivity index (χ0v) is 13.1. The minimum atomic E-state index is 0.477. The molecule has 0 aliphatic heterocycles. The molecule has 3 heterocycles. The highest BCUT2D eigenvalue weighted by atomic mass is 32.1. The fourth-order valence-corrected chi connectivity index (χ4v) is 3.04. The lowest BCUT2D eigenvalue weighted by molar-refractivity contribution is 0.313. The van der Waals surface area contributed by atoms with Crippen molar-refractivity contribution >= 4 is 28.2 Å². The monoisotopic (exact) mass is 303 g/mol. The van der Waals surface area contributed by atoms with Gasteiger partial charge in [0.2, 0.25) is 0 Å². The molecule has 0 atom stereocenters. The van der Waals surface area contributed by atoms with Crippen molar-refractivity contribution in [1.29, 1.82) is 0 Å². The number of aryl methyl sites for hydroxylation is 2. The lowest BCUT2D eigenvalue weighted by atomic mass is 10.3. The Morgan fingerprint density at radius 2 is 2.14 bits per heavy atom. The molecular weight excluding hydrogens is 286 g/mol. The smallest absolute Gasteiger partial charge is 0.163 e. The molecule has 0 bridgehead atoms. The number of fused-ring (bicyclic) bond motifs is 1. The maximum Gasteiger partial charge on any atom is 0.163 e. The molecule has 8 heteroatoms. The Labute approximate surface area is 126 Å². The van der Waals surface area contributed by atoms with Crippen molar-refractivity contribution in [2.24, 2.45) is 7.05 Å². The minimum Gasteiger partial charge on any atom is -0.383 e. The van der Waals surface area contributed by atoms with Crippen LogP contribution in [0.3, 0.4) is 0 Å². The summed E-state index contributed by atoms with van der Waals surface area (Å²) in [5.41, 5.74) is 9.69. The molecule has 0 saturated heterocycles. The lowest BCUT2D eigenvalue weighted by Crippen LogP contribution is -2.19. The van der Waals surface area contributed by atoms with E-state index in [9.17, 15) is 0 Å². The predicted molar refractivity (Wildman–Crippen MR) is 82.7 cm³/mol. The third kappa shape index (κ3) is 2.72. The van der Waals surface area contributed by atoms with Crippen LogP contribution in [0.2, 0.25) is 0 Å². The highest BCUT2D eigenvalue weighted by molar-refractivity contribution is 7.09. The number of nitrogens with two attached hydrogens (primary N) is 1. The van der Waals surface area contributed by atoms with Gasteiger partial charge in [0.05, 0.1) is 29.3 Å². The van der Waals surface area contributed by atoms with Crippen molar-refractivity contribution < 1.29 is 0 Å². The van der Waals surface area contributed by atoms with E-state index in [4.69, 9.17) is 5.73 Å². The largest absolute Gasteiger partial charge is 0.383 e. The molecule has 3 aromatic heterocycles. The summed E-state index contributed by atoms with van der Waals surface area (Å²) in [5.74, 6) is 1.18. The van der Waals surface area contributed by atoms with E-state index in [2.05, 4.69) is 25.0 Å². The number of rotatable bonds is 4. The van der Waals surface area contributed by atoms with Crippen LogP contribution in [0.4, 0.5) is 5.82 Å². The average Bonchev–Trinajstić information content (AvgIpc) is 2.98. The Morgan fingerprint density at radius 1 is 1.33 bits per heavy atom. The van der Waals surface area contributed by atoms with E-state index in [0.717, 1.165) is 23.3 Å². The van der Waals surface area contributed by atoms with Gasteiger partial charge in [-0.25, -0.2) is 15.0 Å². The van der Waals surface area contributed by atoms with E-state index in [1.54, 1.807) is 22.2 Å². The summed E-state index contributed by atoms with van der Waals surface area (Å²) in [5, 5.41) is 4.96. The van der Waals surface area contributed by atoms with Gasteiger partial charge in [0.1, 0.15) is 11.6 Å². The van der Waals surface area contributed by atoms with E-state index in [-0.39, 0.29) is 0 Å². The van der Waals surface area contributed by atoms with Gasteiger partial charge in [-0.3, -0.25) is 9.58 Å². The van der Waals surface area contributed by atoms with Crippen LogP contribution in [0.5, 0.6) is 0 Å². The molecular formula is C13H17N7S. The van der Waals surface area contributed by atoms with Crippen LogP contribution in [-0.4, -0.2) is 36.7 Å². The molecule has 2 N–H and O–H groups in total. The maximum absolute atomic E-state index is 5.98. The minimum absolute atomic E-state index is 0.477. The molecule has 110 valence electrons. The molecule has 3 rings (SSSR count). The molecule has 0 saturated carbocycles. The number of nitrogen functional groups attached to an aromatic ring is 1. The highest BCUT2D eigenvalue weighted by Gasteiger charge is 2.12. The lowest BCUT2D eigenvalue weighted by Gasteiger charge is -2.15. The molecule has 7 nitrogen and oxygen atoms in total. The van der Waals surface area contributed by atoms with Gasteiger partial charge in [0.25, 0.3) is 0 Å². The van der Waals surface area contributed by atoms with Gasteiger partial charge < -0.3 is 5.73 Å². The van der Waals surface area contributed by atoms with Gasteiger partial charge in [-0.05, 0) is 14.0 Å². The van der Waals surface area contributed by atoms with E-state index >= 15 is 0 Å². The third-order valence-corrected chi connectivity index (χ3v) is 4.26. The topological polar surface area (TPSA) is 85.8 Å². The Kier molecular flexibility index (Phi) is 3.56. The Morgan fingerprint density at radius 3 is 2.86 bits per heavy atom. The number of hydrogen-bond acceptors (Lipinski definition) is 7. The Hall–Kier alpha value is -2.06. The van der Waals surface area contributed by atoms with Gasteiger partial charge in [-0.1, -0.05) is 0 Å². The summed E-state index contributed by atoms with van der Waals surface area (Å²) in [6, 6.07) is 0. The summed E-state index contributed by atoms with van der Waals surface area (Å²) in [4.78, 5) is 16.6. The van der Waals surface area contributed by atoms with E-state index in [1.165, 1.54) is 4.88 Å². The summed E-state index contributed by atoms with van der Waals surface area (Å²) in [6.45, 7) is 3.47. The molecule has 3 aromatic rings. The van der Waals surface area contributed by atoms with E-state index < -0.39 is 0 Å². The summed E-state index contributed by atoms with van der Waals surface area (Å²) in [7, 11) is 3.88. The quantitative estimate of drug-likeness (QED) is 0.783. The van der Waals surface area contributed by atoms with Gasteiger partial charge >= 0.3 is 0 Å². The highest BCUT2D eigenvalue weighted by Crippen LogP contribution is 2.18. The molecule has 21 heavy (non-hydrogen) atoms. The van der Waals surface area contributed by atoms with Crippen molar-refractivity contribution in [2.75, 3.05) is 12.8 Å². The summed E-state index contributed by atoms with van der Waals surface area (Å²) < 4.78 is 1.71.